The number of carboxylic acids is 1. The third kappa shape index (κ3) is 2.08. The highest BCUT2D eigenvalue weighted by atomic mass is 32.2. The lowest BCUT2D eigenvalue weighted by molar-refractivity contribution is -0.150. The van der Waals surface area contributed by atoms with Gasteiger partial charge in [0.15, 0.2) is 0 Å². The Morgan fingerprint density at radius 2 is 2.06 bits per heavy atom. The maximum absolute atomic E-state index is 11.7. The Balaban J connectivity index is 2.96. The number of sulfonamides is 1. The number of hydrogen-bond donors (Lipinski definition) is 1. The van der Waals surface area contributed by atoms with Crippen molar-refractivity contribution in [3.05, 3.63) is 0 Å². The van der Waals surface area contributed by atoms with Gasteiger partial charge < -0.3 is 5.11 Å². The Kier molecular flexibility index (Phi) is 3.64. The van der Waals surface area contributed by atoms with E-state index in [1.807, 2.05) is 13.8 Å². The van der Waals surface area contributed by atoms with Gasteiger partial charge in [0.1, 0.15) is 0 Å². The fourth-order valence-corrected chi connectivity index (χ4v) is 3.27. The van der Waals surface area contributed by atoms with Gasteiger partial charge in [0.05, 0.1) is 11.2 Å². The SMILES string of the molecule is CCS(=O)(=O)N1CCC(C(=O)O)(C(C)C)C1. The molecule has 1 N–H and O–H groups in total. The van der Waals surface area contributed by atoms with E-state index in [9.17, 15) is 18.3 Å². The van der Waals surface area contributed by atoms with Crippen molar-refractivity contribution in [2.45, 2.75) is 27.2 Å². The zero-order chi connectivity index (χ0) is 12.6. The van der Waals surface area contributed by atoms with Gasteiger partial charge in [0.2, 0.25) is 10.0 Å². The Morgan fingerprint density at radius 1 is 1.50 bits per heavy atom. The van der Waals surface area contributed by atoms with Gasteiger partial charge in [-0.2, -0.15) is 0 Å². The topological polar surface area (TPSA) is 74.7 Å². The predicted octanol–water partition coefficient (Wildman–Crippen LogP) is 0.769. The van der Waals surface area contributed by atoms with E-state index in [1.54, 1.807) is 6.92 Å². The number of carbonyl (C=O) groups is 1. The first kappa shape index (κ1) is 13.4. The standard InChI is InChI=1S/C10H19NO4S/c1-4-16(14,15)11-6-5-10(7-11,8(2)3)9(12)13/h8H,4-7H2,1-3H3,(H,12,13). The molecule has 0 saturated carbocycles. The summed E-state index contributed by atoms with van der Waals surface area (Å²) in [5.41, 5.74) is -0.914. The van der Waals surface area contributed by atoms with Gasteiger partial charge in [-0.15, -0.1) is 0 Å². The van der Waals surface area contributed by atoms with Crippen molar-refractivity contribution >= 4 is 16.0 Å². The molecular weight excluding hydrogens is 230 g/mol. The summed E-state index contributed by atoms with van der Waals surface area (Å²) in [6.45, 7) is 5.66. The van der Waals surface area contributed by atoms with Crippen LogP contribution in [-0.2, 0) is 14.8 Å². The van der Waals surface area contributed by atoms with E-state index in [1.165, 1.54) is 4.31 Å². The van der Waals surface area contributed by atoms with Crippen LogP contribution in [0.2, 0.25) is 0 Å². The van der Waals surface area contributed by atoms with E-state index < -0.39 is 21.4 Å². The molecular formula is C10H19NO4S. The van der Waals surface area contributed by atoms with Crippen LogP contribution in [0.3, 0.4) is 0 Å². The van der Waals surface area contributed by atoms with E-state index in [0.717, 1.165) is 0 Å². The molecule has 0 aliphatic carbocycles. The molecule has 0 amide bonds. The Hall–Kier alpha value is -0.620. The first-order chi connectivity index (χ1) is 7.26. The molecule has 0 aromatic heterocycles. The number of carboxylic acid groups (broad SMARTS) is 1. The van der Waals surface area contributed by atoms with Crippen LogP contribution >= 0.6 is 0 Å². The molecule has 1 unspecified atom stereocenters. The molecule has 1 aliphatic heterocycles. The van der Waals surface area contributed by atoms with Gasteiger partial charge >= 0.3 is 5.97 Å². The van der Waals surface area contributed by atoms with Gasteiger partial charge in [0.25, 0.3) is 0 Å². The van der Waals surface area contributed by atoms with Crippen LogP contribution in [0.25, 0.3) is 0 Å². The second-order valence-electron chi connectivity index (χ2n) is 4.60. The molecule has 0 radical (unpaired) electrons. The second kappa shape index (κ2) is 4.33. The minimum absolute atomic E-state index is 0.0286. The fourth-order valence-electron chi connectivity index (χ4n) is 2.11. The van der Waals surface area contributed by atoms with Gasteiger partial charge in [-0.05, 0) is 19.3 Å². The first-order valence-electron chi connectivity index (χ1n) is 5.47. The molecule has 1 rings (SSSR count). The zero-order valence-electron chi connectivity index (χ0n) is 9.93. The minimum Gasteiger partial charge on any atom is -0.481 e. The van der Waals surface area contributed by atoms with Crippen molar-refractivity contribution in [2.75, 3.05) is 18.8 Å². The average Bonchev–Trinajstić information content (AvgIpc) is 2.64. The Morgan fingerprint density at radius 3 is 2.38 bits per heavy atom. The molecule has 1 atom stereocenters. The van der Waals surface area contributed by atoms with Crippen LogP contribution in [0.15, 0.2) is 0 Å². The Bertz CT molecular complexity index is 376. The van der Waals surface area contributed by atoms with Crippen LogP contribution in [0.5, 0.6) is 0 Å². The molecule has 5 nitrogen and oxygen atoms in total. The molecule has 0 aromatic rings. The van der Waals surface area contributed by atoms with Crippen molar-refractivity contribution in [3.8, 4) is 0 Å². The third-order valence-electron chi connectivity index (χ3n) is 3.56. The molecule has 0 bridgehead atoms. The molecule has 0 spiro atoms. The summed E-state index contributed by atoms with van der Waals surface area (Å²) in [6.07, 6.45) is 0.402. The van der Waals surface area contributed by atoms with Crippen molar-refractivity contribution in [1.82, 2.24) is 4.31 Å². The summed E-state index contributed by atoms with van der Waals surface area (Å²) in [7, 11) is -3.27. The number of aliphatic carboxylic acids is 1. The monoisotopic (exact) mass is 249 g/mol. The smallest absolute Gasteiger partial charge is 0.311 e. The van der Waals surface area contributed by atoms with Crippen LogP contribution in [0, 0.1) is 11.3 Å². The minimum atomic E-state index is -3.27. The normalized spacial score (nSPS) is 27.5. The average molecular weight is 249 g/mol. The summed E-state index contributed by atoms with van der Waals surface area (Å²) in [6, 6.07) is 0. The second-order valence-corrected chi connectivity index (χ2v) is 6.86. The number of nitrogens with zero attached hydrogens (tertiary/aromatic N) is 1. The fraction of sp³-hybridized carbons (Fsp3) is 0.900. The van der Waals surface area contributed by atoms with Crippen LogP contribution in [-0.4, -0.2) is 42.6 Å². The molecule has 94 valence electrons. The van der Waals surface area contributed by atoms with Crippen molar-refractivity contribution in [1.29, 1.82) is 0 Å². The van der Waals surface area contributed by atoms with Gasteiger partial charge in [-0.3, -0.25) is 4.79 Å². The highest BCUT2D eigenvalue weighted by Gasteiger charge is 2.49. The van der Waals surface area contributed by atoms with Crippen LogP contribution in [0.1, 0.15) is 27.2 Å². The van der Waals surface area contributed by atoms with Crippen molar-refractivity contribution in [2.24, 2.45) is 11.3 Å². The Labute approximate surface area is 96.5 Å². The summed E-state index contributed by atoms with van der Waals surface area (Å²) in [5, 5.41) is 9.27. The largest absolute Gasteiger partial charge is 0.481 e. The molecule has 1 fully saturated rings. The van der Waals surface area contributed by atoms with E-state index in [0.29, 0.717) is 13.0 Å². The quantitative estimate of drug-likeness (QED) is 0.798. The third-order valence-corrected chi connectivity index (χ3v) is 5.38. The molecule has 1 saturated heterocycles. The van der Waals surface area contributed by atoms with Crippen LogP contribution < -0.4 is 0 Å². The summed E-state index contributed by atoms with van der Waals surface area (Å²) in [4.78, 5) is 11.3. The van der Waals surface area contributed by atoms with Gasteiger partial charge in [0, 0.05) is 13.1 Å². The lowest BCUT2D eigenvalue weighted by Crippen LogP contribution is -2.40. The van der Waals surface area contributed by atoms with Crippen molar-refractivity contribution < 1.29 is 18.3 Å². The summed E-state index contributed by atoms with van der Waals surface area (Å²) >= 11 is 0. The van der Waals surface area contributed by atoms with E-state index in [4.69, 9.17) is 0 Å². The molecule has 6 heteroatoms. The zero-order valence-corrected chi connectivity index (χ0v) is 10.7. The van der Waals surface area contributed by atoms with Crippen molar-refractivity contribution in [3.63, 3.8) is 0 Å². The maximum atomic E-state index is 11.7. The van der Waals surface area contributed by atoms with Gasteiger partial charge in [-0.25, -0.2) is 12.7 Å². The highest BCUT2D eigenvalue weighted by molar-refractivity contribution is 7.89. The maximum Gasteiger partial charge on any atom is 0.311 e. The van der Waals surface area contributed by atoms with E-state index in [-0.39, 0.29) is 18.2 Å². The first-order valence-corrected chi connectivity index (χ1v) is 7.08. The summed E-state index contributed by atoms with van der Waals surface area (Å²) in [5.74, 6) is -0.931. The lowest BCUT2D eigenvalue weighted by Gasteiger charge is -2.28. The molecule has 1 heterocycles. The van der Waals surface area contributed by atoms with E-state index >= 15 is 0 Å². The number of hydrogen-bond acceptors (Lipinski definition) is 3. The number of rotatable bonds is 4. The molecule has 1 aliphatic rings. The molecule has 0 aromatic carbocycles. The van der Waals surface area contributed by atoms with Gasteiger partial charge in [-0.1, -0.05) is 13.8 Å². The predicted molar refractivity (Wildman–Crippen MR) is 60.6 cm³/mol. The highest BCUT2D eigenvalue weighted by Crippen LogP contribution is 2.39. The summed E-state index contributed by atoms with van der Waals surface area (Å²) < 4.78 is 24.6. The lowest BCUT2D eigenvalue weighted by atomic mass is 9.77. The van der Waals surface area contributed by atoms with Crippen LogP contribution in [0.4, 0.5) is 0 Å². The van der Waals surface area contributed by atoms with E-state index in [2.05, 4.69) is 0 Å². The molecule has 16 heavy (non-hydrogen) atoms.